The Labute approximate surface area is 146 Å². The maximum atomic E-state index is 13.3. The van der Waals surface area contributed by atoms with Crippen molar-refractivity contribution >= 4 is 34.5 Å². The molecule has 1 saturated heterocycles. The van der Waals surface area contributed by atoms with Crippen molar-refractivity contribution in [1.82, 2.24) is 9.80 Å². The fourth-order valence-electron chi connectivity index (χ4n) is 3.62. The zero-order valence-corrected chi connectivity index (χ0v) is 15.1. The van der Waals surface area contributed by atoms with Gasteiger partial charge in [-0.1, -0.05) is 42.5 Å². The normalized spacial score (nSPS) is 21.1. The van der Waals surface area contributed by atoms with E-state index in [1.165, 1.54) is 4.90 Å². The van der Waals surface area contributed by atoms with Gasteiger partial charge in [0.15, 0.2) is 5.54 Å². The highest BCUT2D eigenvalue weighted by Gasteiger charge is 2.56. The number of amides is 3. The molecule has 0 spiro atoms. The van der Waals surface area contributed by atoms with Gasteiger partial charge >= 0.3 is 6.03 Å². The molecule has 0 aliphatic carbocycles. The molecular formula is C19H22N2O2S. The van der Waals surface area contributed by atoms with E-state index < -0.39 is 5.54 Å². The predicted octanol–water partition coefficient (Wildman–Crippen LogP) is 3.70. The molecule has 126 valence electrons. The lowest BCUT2D eigenvalue weighted by atomic mass is 9.83. The van der Waals surface area contributed by atoms with Gasteiger partial charge in [-0.2, -0.15) is 11.8 Å². The standard InChI is InChI=1S/C19H22N2O2S/c1-4-21-17(22)19(12-13-24-3,20(2)18(21)23)16-11-7-9-14-8-5-6-10-15(14)16/h5-11H,4,12-13H2,1-3H3. The summed E-state index contributed by atoms with van der Waals surface area (Å²) >= 11 is 1.69. The van der Waals surface area contributed by atoms with Crippen LogP contribution in [0.25, 0.3) is 10.8 Å². The van der Waals surface area contributed by atoms with Crippen LogP contribution in [0.1, 0.15) is 18.9 Å². The maximum Gasteiger partial charge on any atom is 0.327 e. The van der Waals surface area contributed by atoms with Crippen molar-refractivity contribution in [2.45, 2.75) is 18.9 Å². The van der Waals surface area contributed by atoms with Gasteiger partial charge in [0, 0.05) is 13.6 Å². The molecule has 0 saturated carbocycles. The number of likely N-dealkylation sites (N-methyl/N-ethyl adjacent to an activating group) is 2. The van der Waals surface area contributed by atoms with Gasteiger partial charge in [0.1, 0.15) is 0 Å². The van der Waals surface area contributed by atoms with Gasteiger partial charge < -0.3 is 4.90 Å². The fourth-order valence-corrected chi connectivity index (χ4v) is 4.12. The molecular weight excluding hydrogens is 320 g/mol. The molecule has 0 radical (unpaired) electrons. The summed E-state index contributed by atoms with van der Waals surface area (Å²) in [6.07, 6.45) is 2.63. The highest BCUT2D eigenvalue weighted by molar-refractivity contribution is 7.98. The third kappa shape index (κ3) is 2.30. The van der Waals surface area contributed by atoms with E-state index in [-0.39, 0.29) is 11.9 Å². The van der Waals surface area contributed by atoms with Crippen LogP contribution in [0.15, 0.2) is 42.5 Å². The van der Waals surface area contributed by atoms with Crippen LogP contribution in [0.5, 0.6) is 0 Å². The SMILES string of the molecule is CCN1C(=O)N(C)C(CCSC)(c2cccc3ccccc23)C1=O. The first-order valence-electron chi connectivity index (χ1n) is 8.15. The monoisotopic (exact) mass is 342 g/mol. The molecule has 1 aliphatic heterocycles. The molecule has 5 heteroatoms. The zero-order chi connectivity index (χ0) is 17.3. The summed E-state index contributed by atoms with van der Waals surface area (Å²) in [5, 5.41) is 2.12. The van der Waals surface area contributed by atoms with E-state index in [1.807, 2.05) is 55.6 Å². The van der Waals surface area contributed by atoms with Crippen molar-refractivity contribution in [2.75, 3.05) is 25.6 Å². The quantitative estimate of drug-likeness (QED) is 0.778. The van der Waals surface area contributed by atoms with E-state index in [9.17, 15) is 9.59 Å². The zero-order valence-electron chi connectivity index (χ0n) is 14.3. The molecule has 1 heterocycles. The Bertz CT molecular complexity index is 787. The summed E-state index contributed by atoms with van der Waals surface area (Å²) in [5.74, 6) is 0.701. The van der Waals surface area contributed by atoms with Gasteiger partial charge in [-0.05, 0) is 41.7 Å². The van der Waals surface area contributed by atoms with Gasteiger partial charge in [0.2, 0.25) is 0 Å². The van der Waals surface area contributed by atoms with E-state index in [0.717, 1.165) is 22.1 Å². The summed E-state index contributed by atoms with van der Waals surface area (Å²) in [7, 11) is 1.75. The van der Waals surface area contributed by atoms with Crippen LogP contribution >= 0.6 is 11.8 Å². The minimum atomic E-state index is -0.920. The van der Waals surface area contributed by atoms with Gasteiger partial charge in [0.05, 0.1) is 0 Å². The van der Waals surface area contributed by atoms with Gasteiger partial charge in [-0.3, -0.25) is 9.69 Å². The number of hydrogen-bond donors (Lipinski definition) is 0. The number of fused-ring (bicyclic) bond motifs is 1. The molecule has 2 aromatic carbocycles. The van der Waals surface area contributed by atoms with Crippen LogP contribution in [-0.4, -0.2) is 47.3 Å². The van der Waals surface area contributed by atoms with Crippen LogP contribution in [0.3, 0.4) is 0 Å². The van der Waals surface area contributed by atoms with Crippen molar-refractivity contribution in [3.63, 3.8) is 0 Å². The molecule has 4 nitrogen and oxygen atoms in total. The van der Waals surface area contributed by atoms with Crippen LogP contribution in [0.2, 0.25) is 0 Å². The first-order chi connectivity index (χ1) is 11.6. The summed E-state index contributed by atoms with van der Waals surface area (Å²) in [6.45, 7) is 2.24. The summed E-state index contributed by atoms with van der Waals surface area (Å²) in [6, 6.07) is 13.8. The lowest BCUT2D eigenvalue weighted by Crippen LogP contribution is -2.45. The highest BCUT2D eigenvalue weighted by atomic mass is 32.2. The lowest BCUT2D eigenvalue weighted by molar-refractivity contribution is -0.133. The first-order valence-corrected chi connectivity index (χ1v) is 9.54. The van der Waals surface area contributed by atoms with Crippen molar-refractivity contribution < 1.29 is 9.59 Å². The second-order valence-electron chi connectivity index (χ2n) is 6.02. The largest absolute Gasteiger partial charge is 0.327 e. The number of nitrogens with zero attached hydrogens (tertiary/aromatic N) is 2. The molecule has 1 atom stereocenters. The molecule has 1 unspecified atom stereocenters. The van der Waals surface area contributed by atoms with Crippen molar-refractivity contribution in [2.24, 2.45) is 0 Å². The lowest BCUT2D eigenvalue weighted by Gasteiger charge is -2.34. The Morgan fingerprint density at radius 3 is 2.46 bits per heavy atom. The number of benzene rings is 2. The number of hydrogen-bond acceptors (Lipinski definition) is 3. The van der Waals surface area contributed by atoms with Crippen LogP contribution in [0.4, 0.5) is 4.79 Å². The molecule has 1 fully saturated rings. The van der Waals surface area contributed by atoms with Crippen molar-refractivity contribution in [3.05, 3.63) is 48.0 Å². The van der Waals surface area contributed by atoms with Crippen LogP contribution < -0.4 is 0 Å². The number of rotatable bonds is 5. The molecule has 24 heavy (non-hydrogen) atoms. The highest BCUT2D eigenvalue weighted by Crippen LogP contribution is 2.42. The van der Waals surface area contributed by atoms with E-state index in [2.05, 4.69) is 0 Å². The summed E-state index contributed by atoms with van der Waals surface area (Å²) in [5.41, 5.74) is 0.00296. The van der Waals surface area contributed by atoms with E-state index in [0.29, 0.717) is 13.0 Å². The minimum Gasteiger partial charge on any atom is -0.308 e. The molecule has 3 amide bonds. The number of thioether (sulfide) groups is 1. The van der Waals surface area contributed by atoms with E-state index >= 15 is 0 Å². The number of imide groups is 1. The smallest absolute Gasteiger partial charge is 0.308 e. The minimum absolute atomic E-state index is 0.108. The molecule has 0 bridgehead atoms. The molecule has 0 aromatic heterocycles. The Morgan fingerprint density at radius 1 is 1.08 bits per heavy atom. The van der Waals surface area contributed by atoms with Crippen LogP contribution in [0, 0.1) is 0 Å². The fraction of sp³-hybridized carbons (Fsp3) is 0.368. The maximum absolute atomic E-state index is 13.3. The molecule has 0 N–H and O–H groups in total. The molecule has 1 aliphatic rings. The van der Waals surface area contributed by atoms with Crippen molar-refractivity contribution in [1.29, 1.82) is 0 Å². The second kappa shape index (κ2) is 6.48. The average Bonchev–Trinajstić information content (AvgIpc) is 2.80. The summed E-state index contributed by atoms with van der Waals surface area (Å²) in [4.78, 5) is 28.9. The molecule has 3 rings (SSSR count). The van der Waals surface area contributed by atoms with Crippen molar-refractivity contribution in [3.8, 4) is 0 Å². The number of urea groups is 1. The average molecular weight is 342 g/mol. The molecule has 2 aromatic rings. The first kappa shape index (κ1) is 16.8. The predicted molar refractivity (Wildman–Crippen MR) is 99.2 cm³/mol. The summed E-state index contributed by atoms with van der Waals surface area (Å²) < 4.78 is 0. The van der Waals surface area contributed by atoms with E-state index in [1.54, 1.807) is 23.7 Å². The van der Waals surface area contributed by atoms with E-state index in [4.69, 9.17) is 0 Å². The Balaban J connectivity index is 2.27. The Kier molecular flexibility index (Phi) is 4.54. The Morgan fingerprint density at radius 2 is 1.79 bits per heavy atom. The van der Waals surface area contributed by atoms with Gasteiger partial charge in [0.25, 0.3) is 5.91 Å². The second-order valence-corrected chi connectivity index (χ2v) is 7.01. The third-order valence-corrected chi connectivity index (χ3v) is 5.52. The topological polar surface area (TPSA) is 40.6 Å². The third-order valence-electron chi connectivity index (χ3n) is 4.91. The number of carbonyl (C=O) groups is 2. The number of carbonyl (C=O) groups excluding carboxylic acids is 2. The van der Waals surface area contributed by atoms with Crippen LogP contribution in [-0.2, 0) is 10.3 Å². The van der Waals surface area contributed by atoms with Gasteiger partial charge in [-0.25, -0.2) is 4.79 Å². The van der Waals surface area contributed by atoms with Gasteiger partial charge in [-0.15, -0.1) is 0 Å². The Hall–Kier alpha value is -2.01.